The predicted octanol–water partition coefficient (Wildman–Crippen LogP) is 5.07. The third kappa shape index (κ3) is 2.07. The van der Waals surface area contributed by atoms with E-state index in [1.807, 2.05) is 54.6 Å². The van der Waals surface area contributed by atoms with Gasteiger partial charge in [0.25, 0.3) is 0 Å². The van der Waals surface area contributed by atoms with E-state index in [0.29, 0.717) is 0 Å². The van der Waals surface area contributed by atoms with Gasteiger partial charge in [-0.2, -0.15) is 0 Å². The molecule has 1 atom stereocenters. The van der Waals surface area contributed by atoms with E-state index in [9.17, 15) is 5.11 Å². The van der Waals surface area contributed by atoms with E-state index in [2.05, 4.69) is 30.3 Å². The van der Waals surface area contributed by atoms with Crippen molar-refractivity contribution in [1.82, 2.24) is 0 Å². The van der Waals surface area contributed by atoms with Gasteiger partial charge in [-0.05, 0) is 33.2 Å². The molecule has 0 aliphatic heterocycles. The average Bonchev–Trinajstić information content (AvgIpc) is 2.60. The minimum atomic E-state index is -0.628. The van der Waals surface area contributed by atoms with Crippen LogP contribution in [0.25, 0.3) is 21.5 Å². The molecule has 0 saturated carbocycles. The molecule has 0 heterocycles. The molecular formula is C21H16O. The molecule has 4 aromatic carbocycles. The first-order chi connectivity index (χ1) is 10.8. The second-order valence-corrected chi connectivity index (χ2v) is 5.55. The fraction of sp³-hybridized carbons (Fsp3) is 0.0476. The van der Waals surface area contributed by atoms with E-state index < -0.39 is 6.10 Å². The van der Waals surface area contributed by atoms with Crippen molar-refractivity contribution >= 4 is 21.5 Å². The summed E-state index contributed by atoms with van der Waals surface area (Å²) in [6, 6.07) is 28.5. The topological polar surface area (TPSA) is 20.2 Å². The lowest BCUT2D eigenvalue weighted by molar-refractivity contribution is 0.223. The molecule has 0 fully saturated rings. The SMILES string of the molecule is O[C@@H](c1ccccc1)c1c2ccccc2cc2ccccc12. The minimum absolute atomic E-state index is 0.628. The standard InChI is InChI=1S/C21H16O/c22-21(15-8-2-1-3-9-15)20-18-12-6-4-10-16(18)14-17-11-5-7-13-19(17)20/h1-14,21-22H/t21-/m0/s1. The van der Waals surface area contributed by atoms with Crippen molar-refractivity contribution in [3.63, 3.8) is 0 Å². The molecule has 0 bridgehead atoms. The summed E-state index contributed by atoms with van der Waals surface area (Å²) in [5.41, 5.74) is 1.91. The van der Waals surface area contributed by atoms with Gasteiger partial charge in [-0.1, -0.05) is 78.9 Å². The maximum absolute atomic E-state index is 11.0. The zero-order valence-corrected chi connectivity index (χ0v) is 12.1. The average molecular weight is 284 g/mol. The van der Waals surface area contributed by atoms with Gasteiger partial charge in [0.15, 0.2) is 0 Å². The van der Waals surface area contributed by atoms with Gasteiger partial charge in [0.1, 0.15) is 6.10 Å². The Kier molecular flexibility index (Phi) is 3.14. The highest BCUT2D eigenvalue weighted by Crippen LogP contribution is 2.35. The minimum Gasteiger partial charge on any atom is -0.384 e. The lowest BCUT2D eigenvalue weighted by Gasteiger charge is -2.17. The van der Waals surface area contributed by atoms with Crippen LogP contribution in [0.3, 0.4) is 0 Å². The summed E-state index contributed by atoms with van der Waals surface area (Å²) >= 11 is 0. The molecule has 4 rings (SSSR count). The van der Waals surface area contributed by atoms with Crippen LogP contribution in [-0.2, 0) is 0 Å². The summed E-state index contributed by atoms with van der Waals surface area (Å²) in [6.45, 7) is 0. The van der Waals surface area contributed by atoms with Crippen molar-refractivity contribution < 1.29 is 5.11 Å². The van der Waals surface area contributed by atoms with Crippen molar-refractivity contribution in [2.45, 2.75) is 6.10 Å². The fourth-order valence-electron chi connectivity index (χ4n) is 3.15. The molecule has 0 unspecified atom stereocenters. The summed E-state index contributed by atoms with van der Waals surface area (Å²) in [4.78, 5) is 0. The number of fused-ring (bicyclic) bond motifs is 2. The molecule has 0 spiro atoms. The van der Waals surface area contributed by atoms with Crippen LogP contribution < -0.4 is 0 Å². The van der Waals surface area contributed by atoms with Gasteiger partial charge in [-0.3, -0.25) is 0 Å². The van der Waals surface area contributed by atoms with E-state index in [1.54, 1.807) is 0 Å². The fourth-order valence-corrected chi connectivity index (χ4v) is 3.15. The highest BCUT2D eigenvalue weighted by molar-refractivity contribution is 6.02. The third-order valence-corrected chi connectivity index (χ3v) is 4.20. The highest BCUT2D eigenvalue weighted by Gasteiger charge is 2.16. The molecule has 1 nitrogen and oxygen atoms in total. The molecule has 22 heavy (non-hydrogen) atoms. The van der Waals surface area contributed by atoms with E-state index in [0.717, 1.165) is 32.7 Å². The maximum Gasteiger partial charge on any atom is 0.105 e. The Balaban J connectivity index is 2.08. The van der Waals surface area contributed by atoms with Crippen molar-refractivity contribution in [1.29, 1.82) is 0 Å². The Morgan fingerprint density at radius 2 is 1.09 bits per heavy atom. The van der Waals surface area contributed by atoms with Crippen LogP contribution in [0, 0.1) is 0 Å². The monoisotopic (exact) mass is 284 g/mol. The van der Waals surface area contributed by atoms with Crippen LogP contribution in [0.5, 0.6) is 0 Å². The summed E-state index contributed by atoms with van der Waals surface area (Å²) in [7, 11) is 0. The Morgan fingerprint density at radius 1 is 0.591 bits per heavy atom. The smallest absolute Gasteiger partial charge is 0.105 e. The first-order valence-electron chi connectivity index (χ1n) is 7.48. The van der Waals surface area contributed by atoms with Gasteiger partial charge < -0.3 is 5.11 Å². The zero-order valence-electron chi connectivity index (χ0n) is 12.1. The number of rotatable bonds is 2. The number of aliphatic hydroxyl groups excluding tert-OH is 1. The summed E-state index contributed by atoms with van der Waals surface area (Å²) < 4.78 is 0. The summed E-state index contributed by atoms with van der Waals surface area (Å²) in [6.07, 6.45) is -0.628. The number of aliphatic hydroxyl groups is 1. The van der Waals surface area contributed by atoms with Crippen LogP contribution in [0.1, 0.15) is 17.2 Å². The highest BCUT2D eigenvalue weighted by atomic mass is 16.3. The molecule has 4 aromatic rings. The third-order valence-electron chi connectivity index (χ3n) is 4.20. The molecule has 0 aliphatic carbocycles. The van der Waals surface area contributed by atoms with Crippen molar-refractivity contribution in [2.75, 3.05) is 0 Å². The quantitative estimate of drug-likeness (QED) is 0.509. The molecule has 0 aliphatic rings. The molecular weight excluding hydrogens is 268 g/mol. The largest absolute Gasteiger partial charge is 0.384 e. The first-order valence-corrected chi connectivity index (χ1v) is 7.48. The van der Waals surface area contributed by atoms with Gasteiger partial charge >= 0.3 is 0 Å². The lowest BCUT2D eigenvalue weighted by atomic mass is 9.90. The van der Waals surface area contributed by atoms with Gasteiger partial charge in [0.2, 0.25) is 0 Å². The van der Waals surface area contributed by atoms with Gasteiger partial charge in [-0.15, -0.1) is 0 Å². The molecule has 1 N–H and O–H groups in total. The maximum atomic E-state index is 11.0. The van der Waals surface area contributed by atoms with E-state index in [-0.39, 0.29) is 0 Å². The zero-order chi connectivity index (χ0) is 14.9. The Morgan fingerprint density at radius 3 is 1.68 bits per heavy atom. The van der Waals surface area contributed by atoms with Gasteiger partial charge in [0.05, 0.1) is 0 Å². The molecule has 0 saturated heterocycles. The normalized spacial score (nSPS) is 12.6. The van der Waals surface area contributed by atoms with Crippen molar-refractivity contribution in [2.24, 2.45) is 0 Å². The molecule has 1 heteroatoms. The molecule has 0 radical (unpaired) electrons. The second kappa shape index (κ2) is 5.28. The number of benzene rings is 4. The Labute approximate surface area is 129 Å². The predicted molar refractivity (Wildman–Crippen MR) is 92.0 cm³/mol. The number of hydrogen-bond donors (Lipinski definition) is 1. The summed E-state index contributed by atoms with van der Waals surface area (Å²) in [5, 5.41) is 15.5. The number of hydrogen-bond acceptors (Lipinski definition) is 1. The van der Waals surface area contributed by atoms with Gasteiger partial charge in [-0.25, -0.2) is 0 Å². The van der Waals surface area contributed by atoms with E-state index in [4.69, 9.17) is 0 Å². The van der Waals surface area contributed by atoms with Crippen LogP contribution >= 0.6 is 0 Å². The van der Waals surface area contributed by atoms with E-state index >= 15 is 0 Å². The van der Waals surface area contributed by atoms with Crippen molar-refractivity contribution in [3.05, 3.63) is 96.1 Å². The molecule has 0 amide bonds. The van der Waals surface area contributed by atoms with Crippen molar-refractivity contribution in [3.8, 4) is 0 Å². The summed E-state index contributed by atoms with van der Waals surface area (Å²) in [5.74, 6) is 0. The molecule has 106 valence electrons. The van der Waals surface area contributed by atoms with Crippen LogP contribution in [0.4, 0.5) is 0 Å². The van der Waals surface area contributed by atoms with Crippen LogP contribution in [0.2, 0.25) is 0 Å². The van der Waals surface area contributed by atoms with Crippen LogP contribution in [0.15, 0.2) is 84.9 Å². The van der Waals surface area contributed by atoms with E-state index in [1.165, 1.54) is 0 Å². The molecule has 0 aromatic heterocycles. The van der Waals surface area contributed by atoms with Crippen LogP contribution in [-0.4, -0.2) is 5.11 Å². The lowest BCUT2D eigenvalue weighted by Crippen LogP contribution is -2.01. The Bertz CT molecular complexity index is 887. The Hall–Kier alpha value is -2.64. The van der Waals surface area contributed by atoms with Gasteiger partial charge in [0, 0.05) is 5.56 Å². The second-order valence-electron chi connectivity index (χ2n) is 5.55. The first kappa shape index (κ1) is 13.1.